The van der Waals surface area contributed by atoms with Gasteiger partial charge in [-0.15, -0.1) is 0 Å². The Kier molecular flexibility index (Phi) is 3.26. The molecule has 1 N–H and O–H groups in total. The molecular weight excluding hydrogens is 226 g/mol. The van der Waals surface area contributed by atoms with E-state index < -0.39 is 5.43 Å². The van der Waals surface area contributed by atoms with Gasteiger partial charge in [0.05, 0.1) is 10.8 Å². The quantitative estimate of drug-likeness (QED) is 0.825. The molecule has 0 aromatic carbocycles. The Balaban J connectivity index is 2.05. The number of rotatable bonds is 3. The molecule has 0 bridgehead atoms. The predicted octanol–water partition coefficient (Wildman–Crippen LogP) is 2.03. The summed E-state index contributed by atoms with van der Waals surface area (Å²) in [5.41, 5.74) is -0.428. The fourth-order valence-electron chi connectivity index (χ4n) is 1.10. The molecule has 0 saturated carbocycles. The van der Waals surface area contributed by atoms with Crippen LogP contribution in [-0.2, 0) is 5.75 Å². The molecule has 0 aliphatic rings. The molecule has 0 amide bonds. The van der Waals surface area contributed by atoms with E-state index >= 15 is 0 Å². The second-order valence-electron chi connectivity index (χ2n) is 3.05. The van der Waals surface area contributed by atoms with Crippen LogP contribution in [0, 0.1) is 0 Å². The third kappa shape index (κ3) is 2.64. The number of nitrogens with zero attached hydrogens (tertiary/aromatic N) is 1. The zero-order valence-electron chi connectivity index (χ0n) is 8.29. The molecule has 0 radical (unpaired) electrons. The largest absolute Gasteiger partial charge is 0.502 e. The molecular formula is C11H9NO3S. The summed E-state index contributed by atoms with van der Waals surface area (Å²) in [5, 5.41) is 9.86. The van der Waals surface area contributed by atoms with Crippen molar-refractivity contribution in [3.05, 3.63) is 52.7 Å². The number of hydrogen-bond acceptors (Lipinski definition) is 5. The van der Waals surface area contributed by atoms with E-state index in [4.69, 9.17) is 9.52 Å². The molecule has 16 heavy (non-hydrogen) atoms. The van der Waals surface area contributed by atoms with Gasteiger partial charge in [-0.2, -0.15) is 0 Å². The minimum absolute atomic E-state index is 0.369. The molecule has 2 aromatic heterocycles. The number of hydrogen-bond donors (Lipinski definition) is 1. The van der Waals surface area contributed by atoms with Gasteiger partial charge in [0.25, 0.3) is 0 Å². The molecule has 0 saturated heterocycles. The average Bonchev–Trinajstić information content (AvgIpc) is 2.32. The van der Waals surface area contributed by atoms with Crippen molar-refractivity contribution in [3.63, 3.8) is 0 Å². The van der Waals surface area contributed by atoms with Crippen LogP contribution in [0.5, 0.6) is 5.75 Å². The van der Waals surface area contributed by atoms with Crippen molar-refractivity contribution >= 4 is 11.8 Å². The van der Waals surface area contributed by atoms with Gasteiger partial charge in [0.15, 0.2) is 5.75 Å². The van der Waals surface area contributed by atoms with E-state index in [1.54, 1.807) is 6.20 Å². The summed E-state index contributed by atoms with van der Waals surface area (Å²) < 4.78 is 5.06. The number of thioether (sulfide) groups is 1. The number of aromatic hydroxyl groups is 1. The van der Waals surface area contributed by atoms with Crippen LogP contribution < -0.4 is 5.43 Å². The standard InChI is InChI=1S/C11H9NO3S/c13-9-5-8(15-6-10(9)14)7-16-11-3-1-2-4-12-11/h1-6,14H,7H2. The summed E-state index contributed by atoms with van der Waals surface area (Å²) in [7, 11) is 0. The predicted molar refractivity (Wildman–Crippen MR) is 60.4 cm³/mol. The van der Waals surface area contributed by atoms with Crippen molar-refractivity contribution in [2.45, 2.75) is 10.8 Å². The van der Waals surface area contributed by atoms with Crippen LogP contribution in [0.3, 0.4) is 0 Å². The van der Waals surface area contributed by atoms with E-state index in [1.807, 2.05) is 18.2 Å². The van der Waals surface area contributed by atoms with Gasteiger partial charge in [-0.1, -0.05) is 17.8 Å². The monoisotopic (exact) mass is 235 g/mol. The van der Waals surface area contributed by atoms with Crippen molar-refractivity contribution < 1.29 is 9.52 Å². The van der Waals surface area contributed by atoms with Crippen molar-refractivity contribution in [2.75, 3.05) is 0 Å². The second kappa shape index (κ2) is 4.85. The maximum Gasteiger partial charge on any atom is 0.226 e. The Morgan fingerprint density at radius 1 is 1.44 bits per heavy atom. The molecule has 0 atom stereocenters. The number of pyridine rings is 1. The lowest BCUT2D eigenvalue weighted by atomic mass is 10.4. The van der Waals surface area contributed by atoms with Crippen LogP contribution in [-0.4, -0.2) is 10.1 Å². The van der Waals surface area contributed by atoms with Crippen molar-refractivity contribution in [3.8, 4) is 5.75 Å². The highest BCUT2D eigenvalue weighted by Gasteiger charge is 2.02. The van der Waals surface area contributed by atoms with E-state index in [1.165, 1.54) is 17.8 Å². The van der Waals surface area contributed by atoms with Crippen LogP contribution in [0.2, 0.25) is 0 Å². The van der Waals surface area contributed by atoms with Crippen LogP contribution in [0.4, 0.5) is 0 Å². The van der Waals surface area contributed by atoms with Gasteiger partial charge in [-0.3, -0.25) is 4.79 Å². The number of aromatic nitrogens is 1. The highest BCUT2D eigenvalue weighted by molar-refractivity contribution is 7.98. The summed E-state index contributed by atoms with van der Waals surface area (Å²) in [5.74, 6) is 0.650. The van der Waals surface area contributed by atoms with Gasteiger partial charge in [-0.25, -0.2) is 4.98 Å². The van der Waals surface area contributed by atoms with E-state index in [0.29, 0.717) is 11.5 Å². The van der Waals surface area contributed by atoms with Crippen LogP contribution >= 0.6 is 11.8 Å². The maximum absolute atomic E-state index is 11.1. The molecule has 0 unspecified atom stereocenters. The van der Waals surface area contributed by atoms with E-state index in [0.717, 1.165) is 11.3 Å². The van der Waals surface area contributed by atoms with Gasteiger partial charge in [-0.05, 0) is 12.1 Å². The molecule has 2 heterocycles. The van der Waals surface area contributed by atoms with Crippen LogP contribution in [0.1, 0.15) is 5.76 Å². The summed E-state index contributed by atoms with van der Waals surface area (Å²) in [4.78, 5) is 15.2. The molecule has 2 aromatic rings. The molecule has 82 valence electrons. The molecule has 0 spiro atoms. The Labute approximate surface area is 96.0 Å². The third-order valence-corrected chi connectivity index (χ3v) is 2.83. The van der Waals surface area contributed by atoms with Crippen LogP contribution in [0.25, 0.3) is 0 Å². The minimum Gasteiger partial charge on any atom is -0.502 e. The van der Waals surface area contributed by atoms with E-state index in [2.05, 4.69) is 4.98 Å². The topological polar surface area (TPSA) is 63.3 Å². The summed E-state index contributed by atoms with van der Waals surface area (Å²) in [6.07, 6.45) is 2.76. The van der Waals surface area contributed by atoms with Crippen molar-refractivity contribution in [1.29, 1.82) is 0 Å². The van der Waals surface area contributed by atoms with Gasteiger partial charge in [0, 0.05) is 12.3 Å². The summed E-state index contributed by atoms with van der Waals surface area (Å²) in [6.45, 7) is 0. The first kappa shape index (κ1) is 10.8. The highest BCUT2D eigenvalue weighted by Crippen LogP contribution is 2.19. The normalized spacial score (nSPS) is 10.2. The van der Waals surface area contributed by atoms with Crippen LogP contribution in [0.15, 0.2) is 51.0 Å². The van der Waals surface area contributed by atoms with Crippen molar-refractivity contribution in [2.24, 2.45) is 0 Å². The third-order valence-electron chi connectivity index (χ3n) is 1.87. The van der Waals surface area contributed by atoms with Gasteiger partial charge in [0.2, 0.25) is 5.43 Å². The zero-order chi connectivity index (χ0) is 11.4. The van der Waals surface area contributed by atoms with Gasteiger partial charge in [0.1, 0.15) is 12.0 Å². The first-order chi connectivity index (χ1) is 7.75. The van der Waals surface area contributed by atoms with E-state index in [-0.39, 0.29) is 5.75 Å². The fraction of sp³-hybridized carbons (Fsp3) is 0.0909. The first-order valence-electron chi connectivity index (χ1n) is 4.60. The highest BCUT2D eigenvalue weighted by atomic mass is 32.2. The second-order valence-corrected chi connectivity index (χ2v) is 4.05. The molecule has 4 nitrogen and oxygen atoms in total. The molecule has 0 fully saturated rings. The maximum atomic E-state index is 11.1. The molecule has 0 aliphatic heterocycles. The van der Waals surface area contributed by atoms with Gasteiger partial charge < -0.3 is 9.52 Å². The SMILES string of the molecule is O=c1cc(CSc2ccccn2)occ1O. The lowest BCUT2D eigenvalue weighted by Gasteiger charge is -1.99. The molecule has 0 aliphatic carbocycles. The Bertz CT molecular complexity index is 524. The van der Waals surface area contributed by atoms with Gasteiger partial charge >= 0.3 is 0 Å². The summed E-state index contributed by atoms with van der Waals surface area (Å²) >= 11 is 1.46. The smallest absolute Gasteiger partial charge is 0.226 e. The summed E-state index contributed by atoms with van der Waals surface area (Å²) in [6, 6.07) is 6.89. The minimum atomic E-state index is -0.428. The van der Waals surface area contributed by atoms with Crippen molar-refractivity contribution in [1.82, 2.24) is 4.98 Å². The fourth-order valence-corrected chi connectivity index (χ4v) is 1.85. The first-order valence-corrected chi connectivity index (χ1v) is 5.59. The zero-order valence-corrected chi connectivity index (χ0v) is 9.11. The van der Waals surface area contributed by atoms with E-state index in [9.17, 15) is 4.79 Å². The Morgan fingerprint density at radius 2 is 2.31 bits per heavy atom. The Morgan fingerprint density at radius 3 is 3.00 bits per heavy atom. The lowest BCUT2D eigenvalue weighted by Crippen LogP contribution is -1.99. The molecule has 2 rings (SSSR count). The average molecular weight is 235 g/mol. The lowest BCUT2D eigenvalue weighted by molar-refractivity contribution is 0.419. The Hall–Kier alpha value is -1.75. The molecule has 5 heteroatoms.